The van der Waals surface area contributed by atoms with Crippen molar-refractivity contribution >= 4 is 30.6 Å². The molecular weight excluding hydrogens is 315 g/mol. The van der Waals surface area contributed by atoms with Crippen LogP contribution in [0.25, 0.3) is 0 Å². The van der Waals surface area contributed by atoms with E-state index >= 15 is 0 Å². The fourth-order valence-corrected chi connectivity index (χ4v) is 4.15. The van der Waals surface area contributed by atoms with Crippen molar-refractivity contribution in [3.05, 3.63) is 22.4 Å². The minimum atomic E-state index is -3.38. The highest BCUT2D eigenvalue weighted by Gasteiger charge is 2.24. The topological polar surface area (TPSA) is 112 Å². The molecule has 0 aromatic carbocycles. The zero-order valence-electron chi connectivity index (χ0n) is 11.5. The maximum absolute atomic E-state index is 12.0. The predicted molar refractivity (Wildman–Crippen MR) is 80.2 cm³/mol. The molecule has 118 valence electrons. The van der Waals surface area contributed by atoms with E-state index < -0.39 is 25.2 Å². The highest BCUT2D eigenvalue weighted by molar-refractivity contribution is 7.57. The molecular formula is C13H19O6PS. The standard InChI is InChI=1S/C13H19O6PS/c14-12(15)2-1-11(13(16)17)4-7-20(18,19)6-3-10-5-8-21-9-10/h5,8-9,11H,1-4,6-7H2,(H,14,15)(H,16,17)(H,18,19). The van der Waals surface area contributed by atoms with Gasteiger partial charge in [0.2, 0.25) is 7.37 Å². The van der Waals surface area contributed by atoms with Crippen LogP contribution in [0.3, 0.4) is 0 Å². The average molecular weight is 334 g/mol. The maximum Gasteiger partial charge on any atom is 0.306 e. The summed E-state index contributed by atoms with van der Waals surface area (Å²) >= 11 is 1.52. The Kier molecular flexibility index (Phi) is 7.08. The van der Waals surface area contributed by atoms with Gasteiger partial charge in [-0.3, -0.25) is 14.2 Å². The van der Waals surface area contributed by atoms with Crippen LogP contribution in [0, 0.1) is 5.92 Å². The summed E-state index contributed by atoms with van der Waals surface area (Å²) < 4.78 is 12.0. The smallest absolute Gasteiger partial charge is 0.306 e. The first-order chi connectivity index (χ1) is 9.80. The molecule has 0 saturated carbocycles. The summed E-state index contributed by atoms with van der Waals surface area (Å²) in [6, 6.07) is 1.89. The van der Waals surface area contributed by atoms with Crippen molar-refractivity contribution in [2.24, 2.45) is 5.92 Å². The minimum absolute atomic E-state index is 0.0187. The van der Waals surface area contributed by atoms with Gasteiger partial charge in [0.1, 0.15) is 0 Å². The largest absolute Gasteiger partial charge is 0.481 e. The van der Waals surface area contributed by atoms with Gasteiger partial charge >= 0.3 is 11.9 Å². The molecule has 6 nitrogen and oxygen atoms in total. The van der Waals surface area contributed by atoms with Crippen molar-refractivity contribution in [1.29, 1.82) is 0 Å². The Labute approximate surface area is 126 Å². The molecule has 0 spiro atoms. The Balaban J connectivity index is 2.43. The van der Waals surface area contributed by atoms with E-state index in [9.17, 15) is 19.0 Å². The van der Waals surface area contributed by atoms with E-state index in [0.717, 1.165) is 5.56 Å². The number of thiophene rings is 1. The van der Waals surface area contributed by atoms with Gasteiger partial charge < -0.3 is 15.1 Å². The van der Waals surface area contributed by atoms with Crippen LogP contribution in [0.4, 0.5) is 0 Å². The van der Waals surface area contributed by atoms with Gasteiger partial charge in [-0.1, -0.05) is 0 Å². The summed E-state index contributed by atoms with van der Waals surface area (Å²) in [7, 11) is -3.38. The minimum Gasteiger partial charge on any atom is -0.481 e. The van der Waals surface area contributed by atoms with Gasteiger partial charge in [0, 0.05) is 18.7 Å². The van der Waals surface area contributed by atoms with Crippen molar-refractivity contribution in [2.45, 2.75) is 25.7 Å². The van der Waals surface area contributed by atoms with Crippen LogP contribution in [-0.4, -0.2) is 39.4 Å². The van der Waals surface area contributed by atoms with Crippen molar-refractivity contribution in [3.8, 4) is 0 Å². The van der Waals surface area contributed by atoms with Crippen LogP contribution in [-0.2, 0) is 20.6 Å². The Bertz CT molecular complexity index is 513. The lowest BCUT2D eigenvalue weighted by atomic mass is 10.0. The van der Waals surface area contributed by atoms with Crippen molar-refractivity contribution in [3.63, 3.8) is 0 Å². The summed E-state index contributed by atoms with van der Waals surface area (Å²) in [4.78, 5) is 31.3. The first kappa shape index (κ1) is 17.9. The van der Waals surface area contributed by atoms with Gasteiger partial charge in [0.15, 0.2) is 0 Å². The molecule has 1 rings (SSSR count). The zero-order chi connectivity index (χ0) is 15.9. The Morgan fingerprint density at radius 1 is 1.24 bits per heavy atom. The van der Waals surface area contributed by atoms with Gasteiger partial charge in [-0.15, -0.1) is 0 Å². The van der Waals surface area contributed by atoms with Crippen molar-refractivity contribution in [1.82, 2.24) is 0 Å². The van der Waals surface area contributed by atoms with Gasteiger partial charge in [0.05, 0.1) is 5.92 Å². The predicted octanol–water partition coefficient (Wildman–Crippen LogP) is 2.52. The van der Waals surface area contributed by atoms with Crippen molar-refractivity contribution < 1.29 is 29.3 Å². The van der Waals surface area contributed by atoms with Gasteiger partial charge in [-0.05, 0) is 41.7 Å². The number of hydrogen-bond acceptors (Lipinski definition) is 4. The van der Waals surface area contributed by atoms with Crippen LogP contribution < -0.4 is 0 Å². The van der Waals surface area contributed by atoms with E-state index in [1.54, 1.807) is 0 Å². The summed E-state index contributed by atoms with van der Waals surface area (Å²) in [5.41, 5.74) is 0.995. The molecule has 2 unspecified atom stereocenters. The van der Waals surface area contributed by atoms with E-state index in [1.165, 1.54) is 11.3 Å². The molecule has 0 aliphatic heterocycles. The molecule has 0 fully saturated rings. The first-order valence-corrected chi connectivity index (χ1v) is 9.54. The summed E-state index contributed by atoms with van der Waals surface area (Å²) in [5.74, 6) is -3.07. The molecule has 0 aliphatic rings. The summed E-state index contributed by atoms with van der Waals surface area (Å²) in [5, 5.41) is 21.4. The molecule has 0 bridgehead atoms. The first-order valence-electron chi connectivity index (χ1n) is 6.56. The van der Waals surface area contributed by atoms with Gasteiger partial charge in [-0.2, -0.15) is 11.3 Å². The number of rotatable bonds is 10. The molecule has 1 aromatic heterocycles. The third-order valence-electron chi connectivity index (χ3n) is 3.21. The number of hydrogen-bond donors (Lipinski definition) is 3. The molecule has 0 radical (unpaired) electrons. The second-order valence-corrected chi connectivity index (χ2v) is 8.30. The second-order valence-electron chi connectivity index (χ2n) is 4.93. The summed E-state index contributed by atoms with van der Waals surface area (Å²) in [6.07, 6.45) is 0.281. The fourth-order valence-electron chi connectivity index (χ4n) is 1.90. The number of aryl methyl sites for hydroxylation is 1. The van der Waals surface area contributed by atoms with Crippen LogP contribution in [0.2, 0.25) is 0 Å². The van der Waals surface area contributed by atoms with Gasteiger partial charge in [0.25, 0.3) is 0 Å². The lowest BCUT2D eigenvalue weighted by Crippen LogP contribution is -2.17. The third-order valence-corrected chi connectivity index (χ3v) is 5.82. The molecule has 2 atom stereocenters. The highest BCUT2D eigenvalue weighted by atomic mass is 32.1. The Morgan fingerprint density at radius 2 is 1.95 bits per heavy atom. The third kappa shape index (κ3) is 7.41. The molecule has 21 heavy (non-hydrogen) atoms. The van der Waals surface area contributed by atoms with E-state index in [4.69, 9.17) is 10.2 Å². The fraction of sp³-hybridized carbons (Fsp3) is 0.538. The molecule has 0 aliphatic carbocycles. The lowest BCUT2D eigenvalue weighted by molar-refractivity contribution is -0.143. The number of carboxylic acid groups (broad SMARTS) is 2. The van der Waals surface area contributed by atoms with E-state index in [-0.39, 0.29) is 31.6 Å². The van der Waals surface area contributed by atoms with Crippen LogP contribution in [0.5, 0.6) is 0 Å². The van der Waals surface area contributed by atoms with E-state index in [1.807, 2.05) is 16.8 Å². The Morgan fingerprint density at radius 3 is 2.48 bits per heavy atom. The van der Waals surface area contributed by atoms with Crippen LogP contribution in [0.15, 0.2) is 16.8 Å². The molecule has 0 amide bonds. The molecule has 8 heteroatoms. The molecule has 1 heterocycles. The number of carboxylic acids is 2. The normalized spacial score (nSPS) is 15.3. The number of aliphatic carboxylic acids is 2. The quantitative estimate of drug-likeness (QED) is 0.567. The SMILES string of the molecule is O=C(O)CCC(CCP(=O)(O)CCc1ccsc1)C(=O)O. The summed E-state index contributed by atoms with van der Waals surface area (Å²) in [6.45, 7) is 0. The van der Waals surface area contributed by atoms with Gasteiger partial charge in [-0.25, -0.2) is 0 Å². The maximum atomic E-state index is 12.0. The zero-order valence-corrected chi connectivity index (χ0v) is 13.2. The van der Waals surface area contributed by atoms with Crippen LogP contribution >= 0.6 is 18.7 Å². The van der Waals surface area contributed by atoms with E-state index in [2.05, 4.69) is 0 Å². The molecule has 3 N–H and O–H groups in total. The highest BCUT2D eigenvalue weighted by Crippen LogP contribution is 2.42. The monoisotopic (exact) mass is 334 g/mol. The van der Waals surface area contributed by atoms with Crippen molar-refractivity contribution in [2.75, 3.05) is 12.3 Å². The Hall–Kier alpha value is -1.17. The van der Waals surface area contributed by atoms with E-state index in [0.29, 0.717) is 6.42 Å². The molecule has 1 aromatic rings. The lowest BCUT2D eigenvalue weighted by Gasteiger charge is -2.15. The second kappa shape index (κ2) is 8.32. The molecule has 0 saturated heterocycles. The van der Waals surface area contributed by atoms with Crippen LogP contribution in [0.1, 0.15) is 24.8 Å². The number of carbonyl (C=O) groups is 2. The average Bonchev–Trinajstić information content (AvgIpc) is 2.88.